The van der Waals surface area contributed by atoms with Crippen molar-refractivity contribution in [2.24, 2.45) is 38.7 Å². The molecule has 24 heteroatoms. The number of nitrogens with one attached hydrogen (secondary N) is 5. The molecule has 386 valence electrons. The van der Waals surface area contributed by atoms with Gasteiger partial charge in [0.15, 0.2) is 11.9 Å². The molecule has 23 nitrogen and oxygen atoms in total. The highest BCUT2D eigenvalue weighted by atomic mass is 32.1. The molecule has 4 aromatic rings. The number of benzene rings is 2. The Balaban J connectivity index is 1.41. The summed E-state index contributed by atoms with van der Waals surface area (Å²) in [6.45, 7) is 0.237. The summed E-state index contributed by atoms with van der Waals surface area (Å²) in [7, 11) is 1.55. The SMILES string of the molecule is CN(C(=O)Cc1cccs1)[C@@H](Cc1c[nH]c2ccccc12)C(=O)N[C@@H](Cc1ccccc1)C(=O)N[C@@H](CCCN=C(N)N)C(=O)N1CCC[C@H]1C(=O)N[C@@H](CCCN=C(N)N)C(=O)N[C@@H](CC(=O)O)C(N)=O. The monoisotopic (exact) mass is 1010 g/mol. The first kappa shape index (κ1) is 54.9. The maximum absolute atomic E-state index is 14.7. The first-order valence-corrected chi connectivity index (χ1v) is 24.3. The molecule has 6 atom stereocenters. The molecule has 7 amide bonds. The van der Waals surface area contributed by atoms with E-state index in [4.69, 9.17) is 28.7 Å². The molecule has 0 aliphatic carbocycles. The van der Waals surface area contributed by atoms with Gasteiger partial charge in [0.1, 0.15) is 36.3 Å². The lowest BCUT2D eigenvalue weighted by molar-refractivity contribution is -0.143. The molecule has 1 aliphatic rings. The third-order valence-corrected chi connectivity index (χ3v) is 13.0. The second-order valence-corrected chi connectivity index (χ2v) is 18.4. The number of primary amides is 1. The number of aliphatic carboxylic acids is 1. The summed E-state index contributed by atoms with van der Waals surface area (Å²) in [4.78, 5) is 124. The van der Waals surface area contributed by atoms with Crippen LogP contribution in [-0.2, 0) is 57.6 Å². The standard InChI is InChI=1S/C48H64N14O9S/c1-61(39(63)25-30-13-10-22-72-30)38(24-29-27-56-32-15-6-5-14-31(29)32)45(70)60-36(23-28-11-3-2-4-12-28)43(68)58-34(17-8-20-55-48(52)53)46(71)62-21-9-18-37(62)44(69)57-33(16-7-19-54-47(50)51)42(67)59-35(41(49)66)26-40(64)65/h2-6,10-15,22,27,33-38,56H,7-9,16-21,23-26H2,1H3,(H2,49,66)(H,57,69)(H,58,68)(H,59,67)(H,60,70)(H,64,65)(H4,50,51,54)(H4,52,53,55)/t33-,34-,35-,36-,37-,38-/m0/s1. The second kappa shape index (κ2) is 26.8. The van der Waals surface area contributed by atoms with Gasteiger partial charge in [-0.25, -0.2) is 0 Å². The number of guanidine groups is 2. The number of hydrogen-bond donors (Lipinski definition) is 11. The molecule has 0 spiro atoms. The van der Waals surface area contributed by atoms with Crippen molar-refractivity contribution in [1.29, 1.82) is 0 Å². The minimum atomic E-state index is -1.60. The fraction of sp³-hybridized carbons (Fsp3) is 0.417. The normalized spacial score (nSPS) is 15.2. The van der Waals surface area contributed by atoms with Crippen LogP contribution in [0.4, 0.5) is 0 Å². The van der Waals surface area contributed by atoms with Crippen LogP contribution in [0.15, 0.2) is 88.3 Å². The molecule has 16 N–H and O–H groups in total. The Morgan fingerprint density at radius 3 is 2.03 bits per heavy atom. The number of carboxylic acid groups (broad SMARTS) is 1. The third kappa shape index (κ3) is 16.3. The van der Waals surface area contributed by atoms with Crippen LogP contribution in [0.3, 0.4) is 0 Å². The number of amides is 7. The zero-order valence-corrected chi connectivity index (χ0v) is 40.8. The van der Waals surface area contributed by atoms with E-state index < -0.39 is 84.1 Å². The smallest absolute Gasteiger partial charge is 0.305 e. The van der Waals surface area contributed by atoms with Crippen LogP contribution in [0.1, 0.15) is 60.9 Å². The van der Waals surface area contributed by atoms with Gasteiger partial charge >= 0.3 is 5.97 Å². The lowest BCUT2D eigenvalue weighted by Gasteiger charge is -2.32. The largest absolute Gasteiger partial charge is 0.481 e. The molecule has 0 bridgehead atoms. The van der Waals surface area contributed by atoms with E-state index >= 15 is 0 Å². The molecule has 1 aliphatic heterocycles. The summed E-state index contributed by atoms with van der Waals surface area (Å²) in [5.41, 5.74) is 29.7. The highest BCUT2D eigenvalue weighted by Crippen LogP contribution is 2.23. The van der Waals surface area contributed by atoms with E-state index in [9.17, 15) is 43.5 Å². The van der Waals surface area contributed by atoms with Crippen molar-refractivity contribution in [1.82, 2.24) is 36.1 Å². The number of H-pyrrole nitrogens is 1. The van der Waals surface area contributed by atoms with Crippen LogP contribution in [0, 0.1) is 0 Å². The summed E-state index contributed by atoms with van der Waals surface area (Å²) >= 11 is 1.41. The van der Waals surface area contributed by atoms with E-state index in [-0.39, 0.29) is 88.8 Å². The van der Waals surface area contributed by atoms with Crippen molar-refractivity contribution in [2.45, 2.75) is 100 Å². The number of carbonyl (C=O) groups is 8. The number of aromatic amines is 1. The van der Waals surface area contributed by atoms with Gasteiger partial charge in [0.2, 0.25) is 41.4 Å². The third-order valence-electron chi connectivity index (χ3n) is 12.1. The van der Waals surface area contributed by atoms with Crippen molar-refractivity contribution in [3.05, 3.63) is 94.3 Å². The lowest BCUT2D eigenvalue weighted by Crippen LogP contribution is -2.60. The van der Waals surface area contributed by atoms with E-state index in [0.29, 0.717) is 12.0 Å². The predicted octanol–water partition coefficient (Wildman–Crippen LogP) is -0.918. The molecule has 1 fully saturated rings. The summed E-state index contributed by atoms with van der Waals surface area (Å²) in [6.07, 6.45) is 1.94. The molecule has 0 unspecified atom stereocenters. The number of aromatic nitrogens is 1. The minimum absolute atomic E-state index is 0.00471. The van der Waals surface area contributed by atoms with Crippen LogP contribution >= 0.6 is 11.3 Å². The van der Waals surface area contributed by atoms with Gasteiger partial charge in [-0.15, -0.1) is 11.3 Å². The maximum atomic E-state index is 14.7. The van der Waals surface area contributed by atoms with E-state index in [2.05, 4.69) is 36.2 Å². The van der Waals surface area contributed by atoms with E-state index in [1.807, 2.05) is 41.8 Å². The highest BCUT2D eigenvalue weighted by molar-refractivity contribution is 7.10. The van der Waals surface area contributed by atoms with Crippen LogP contribution in [0.5, 0.6) is 0 Å². The number of para-hydroxylation sites is 1. The number of thiophene rings is 1. The Morgan fingerprint density at radius 1 is 0.764 bits per heavy atom. The number of aliphatic imine (C=N–C) groups is 2. The van der Waals surface area contributed by atoms with Gasteiger partial charge in [-0.2, -0.15) is 0 Å². The molecule has 3 heterocycles. The van der Waals surface area contributed by atoms with Gasteiger partial charge in [-0.05, 0) is 67.2 Å². The highest BCUT2D eigenvalue weighted by Gasteiger charge is 2.40. The Hall–Kier alpha value is -8.02. The van der Waals surface area contributed by atoms with Crippen molar-refractivity contribution < 1.29 is 43.5 Å². The minimum Gasteiger partial charge on any atom is -0.481 e. The Morgan fingerprint density at radius 2 is 1.39 bits per heavy atom. The molecular formula is C48H64N14O9S. The molecule has 0 saturated carbocycles. The maximum Gasteiger partial charge on any atom is 0.305 e. The Labute approximate surface area is 419 Å². The topological polar surface area (TPSA) is 382 Å². The summed E-state index contributed by atoms with van der Waals surface area (Å²) in [6, 6.07) is 12.4. The summed E-state index contributed by atoms with van der Waals surface area (Å²) in [5.74, 6) is -6.87. The number of rotatable bonds is 27. The van der Waals surface area contributed by atoms with Gasteiger partial charge in [0.25, 0.3) is 0 Å². The van der Waals surface area contributed by atoms with E-state index in [0.717, 1.165) is 21.3 Å². The molecule has 5 rings (SSSR count). The van der Waals surface area contributed by atoms with Gasteiger partial charge in [0.05, 0.1) is 12.8 Å². The number of nitrogens with zero attached hydrogens (tertiary/aromatic N) is 4. The van der Waals surface area contributed by atoms with Crippen molar-refractivity contribution in [2.75, 3.05) is 26.7 Å². The quantitative estimate of drug-likeness (QED) is 0.0196. The average molecular weight is 1010 g/mol. The molecule has 1 saturated heterocycles. The zero-order valence-electron chi connectivity index (χ0n) is 40.0. The fourth-order valence-corrected chi connectivity index (χ4v) is 9.04. The van der Waals surface area contributed by atoms with Crippen molar-refractivity contribution in [3.63, 3.8) is 0 Å². The van der Waals surface area contributed by atoms with Crippen LogP contribution in [-0.4, -0.2) is 142 Å². The second-order valence-electron chi connectivity index (χ2n) is 17.4. The number of likely N-dealkylation sites (tertiary alicyclic amines) is 1. The number of fused-ring (bicyclic) bond motifs is 1. The molecular weight excluding hydrogens is 949 g/mol. The van der Waals surface area contributed by atoms with E-state index in [1.54, 1.807) is 43.6 Å². The number of carbonyl (C=O) groups excluding carboxylic acids is 7. The molecule has 2 aromatic carbocycles. The number of nitrogens with two attached hydrogens (primary N) is 5. The van der Waals surface area contributed by atoms with Crippen LogP contribution in [0.25, 0.3) is 10.9 Å². The lowest BCUT2D eigenvalue weighted by atomic mass is 10.0. The Bertz CT molecular complexity index is 2580. The van der Waals surface area contributed by atoms with Crippen molar-refractivity contribution >= 4 is 81.5 Å². The number of hydrogen-bond acceptors (Lipinski definition) is 11. The number of carboxylic acids is 1. The fourth-order valence-electron chi connectivity index (χ4n) is 8.35. The zero-order chi connectivity index (χ0) is 52.3. The average Bonchev–Trinajstić information content (AvgIpc) is 4.14. The first-order chi connectivity index (χ1) is 34.4. The molecule has 2 aromatic heterocycles. The predicted molar refractivity (Wildman–Crippen MR) is 270 cm³/mol. The first-order valence-electron chi connectivity index (χ1n) is 23.4. The van der Waals surface area contributed by atoms with Crippen LogP contribution in [0.2, 0.25) is 0 Å². The van der Waals surface area contributed by atoms with Gasteiger partial charge in [-0.1, -0.05) is 54.6 Å². The number of likely N-dealkylation sites (N-methyl/N-ethyl adjacent to an activating group) is 1. The summed E-state index contributed by atoms with van der Waals surface area (Å²) < 4.78 is 0. The van der Waals surface area contributed by atoms with Gasteiger partial charge in [0, 0.05) is 61.5 Å². The summed E-state index contributed by atoms with van der Waals surface area (Å²) in [5, 5.41) is 22.7. The van der Waals surface area contributed by atoms with Crippen molar-refractivity contribution in [3.8, 4) is 0 Å². The van der Waals surface area contributed by atoms with E-state index in [1.165, 1.54) is 21.1 Å². The molecule has 0 radical (unpaired) electrons. The van der Waals surface area contributed by atoms with Crippen LogP contribution < -0.4 is 49.9 Å². The van der Waals surface area contributed by atoms with Gasteiger partial charge in [-0.3, -0.25) is 48.3 Å². The Kier molecular flexibility index (Phi) is 20.5. The molecule has 72 heavy (non-hydrogen) atoms. The van der Waals surface area contributed by atoms with Gasteiger partial charge < -0.3 is 69.8 Å².